The number of carbonyl (C=O) groups excluding carboxylic acids is 1. The minimum atomic E-state index is -0.542. The van der Waals surface area contributed by atoms with Crippen LogP contribution in [0.3, 0.4) is 0 Å². The standard InChI is InChI=1S/C13H16ClFN2O2/c1-2-16-11-7-19-6-8(11)13(18)17-12-9(14)4-3-5-10(12)15/h3-5,8,11,16H,2,6-7H2,1H3,(H,17,18). The highest BCUT2D eigenvalue weighted by Crippen LogP contribution is 2.26. The lowest BCUT2D eigenvalue weighted by Gasteiger charge is -2.18. The van der Waals surface area contributed by atoms with Gasteiger partial charge in [-0.1, -0.05) is 24.6 Å². The molecule has 1 saturated heterocycles. The van der Waals surface area contributed by atoms with E-state index in [2.05, 4.69) is 10.6 Å². The van der Waals surface area contributed by atoms with E-state index in [4.69, 9.17) is 16.3 Å². The van der Waals surface area contributed by atoms with Crippen LogP contribution in [0.2, 0.25) is 5.02 Å². The number of para-hydroxylation sites is 1. The van der Waals surface area contributed by atoms with Gasteiger partial charge in [-0.15, -0.1) is 0 Å². The Kier molecular flexibility index (Phi) is 4.74. The Hall–Kier alpha value is -1.17. The highest BCUT2D eigenvalue weighted by Gasteiger charge is 2.33. The minimum Gasteiger partial charge on any atom is -0.379 e. The second-order valence-corrected chi connectivity index (χ2v) is 4.80. The summed E-state index contributed by atoms with van der Waals surface area (Å²) in [7, 11) is 0. The molecular formula is C13H16ClFN2O2. The van der Waals surface area contributed by atoms with Gasteiger partial charge in [0.2, 0.25) is 5.91 Å². The monoisotopic (exact) mass is 286 g/mol. The Balaban J connectivity index is 2.08. The third-order valence-corrected chi connectivity index (χ3v) is 3.41. The second-order valence-electron chi connectivity index (χ2n) is 4.39. The fourth-order valence-corrected chi connectivity index (χ4v) is 2.32. The average molecular weight is 287 g/mol. The van der Waals surface area contributed by atoms with E-state index in [1.807, 2.05) is 6.92 Å². The van der Waals surface area contributed by atoms with Crippen molar-refractivity contribution in [3.8, 4) is 0 Å². The van der Waals surface area contributed by atoms with E-state index in [9.17, 15) is 9.18 Å². The first-order chi connectivity index (χ1) is 9.13. The molecule has 1 fully saturated rings. The maximum absolute atomic E-state index is 13.6. The second kappa shape index (κ2) is 6.32. The molecule has 0 radical (unpaired) electrons. The van der Waals surface area contributed by atoms with Gasteiger partial charge in [-0.3, -0.25) is 4.79 Å². The Bertz CT molecular complexity index is 450. The summed E-state index contributed by atoms with van der Waals surface area (Å²) in [6.07, 6.45) is 0. The van der Waals surface area contributed by atoms with Crippen LogP contribution in [0.25, 0.3) is 0 Å². The third kappa shape index (κ3) is 3.23. The molecule has 2 N–H and O–H groups in total. The predicted octanol–water partition coefficient (Wildman–Crippen LogP) is 2.04. The van der Waals surface area contributed by atoms with Gasteiger partial charge in [0.25, 0.3) is 0 Å². The number of hydrogen-bond acceptors (Lipinski definition) is 3. The first-order valence-electron chi connectivity index (χ1n) is 6.19. The zero-order valence-corrected chi connectivity index (χ0v) is 11.3. The topological polar surface area (TPSA) is 50.4 Å². The van der Waals surface area contributed by atoms with E-state index in [1.54, 1.807) is 0 Å². The van der Waals surface area contributed by atoms with Crippen LogP contribution in [0.4, 0.5) is 10.1 Å². The molecule has 1 aliphatic heterocycles. The summed E-state index contributed by atoms with van der Waals surface area (Å²) in [5.41, 5.74) is 0.0244. The maximum atomic E-state index is 13.6. The Morgan fingerprint density at radius 1 is 1.53 bits per heavy atom. The number of anilines is 1. The van der Waals surface area contributed by atoms with Gasteiger partial charge in [0.15, 0.2) is 0 Å². The summed E-state index contributed by atoms with van der Waals surface area (Å²) in [5.74, 6) is -1.16. The van der Waals surface area contributed by atoms with Crippen molar-refractivity contribution in [1.29, 1.82) is 0 Å². The third-order valence-electron chi connectivity index (χ3n) is 3.09. The minimum absolute atomic E-state index is 0.0244. The lowest BCUT2D eigenvalue weighted by Crippen LogP contribution is -2.41. The van der Waals surface area contributed by atoms with E-state index >= 15 is 0 Å². The molecule has 2 unspecified atom stereocenters. The van der Waals surface area contributed by atoms with E-state index in [1.165, 1.54) is 18.2 Å². The van der Waals surface area contributed by atoms with Gasteiger partial charge in [-0.2, -0.15) is 0 Å². The van der Waals surface area contributed by atoms with Crippen LogP contribution in [-0.4, -0.2) is 31.7 Å². The van der Waals surface area contributed by atoms with Crippen molar-refractivity contribution in [1.82, 2.24) is 5.32 Å². The number of benzene rings is 1. The Labute approximate surface area is 116 Å². The van der Waals surface area contributed by atoms with Gasteiger partial charge in [-0.05, 0) is 18.7 Å². The van der Waals surface area contributed by atoms with Crippen LogP contribution in [0.15, 0.2) is 18.2 Å². The van der Waals surface area contributed by atoms with Gasteiger partial charge in [-0.25, -0.2) is 4.39 Å². The van der Waals surface area contributed by atoms with Gasteiger partial charge < -0.3 is 15.4 Å². The van der Waals surface area contributed by atoms with Crippen LogP contribution in [0.5, 0.6) is 0 Å². The van der Waals surface area contributed by atoms with Crippen LogP contribution in [0, 0.1) is 11.7 Å². The van der Waals surface area contributed by atoms with Gasteiger partial charge in [0, 0.05) is 6.04 Å². The van der Waals surface area contributed by atoms with E-state index in [0.717, 1.165) is 6.54 Å². The first-order valence-corrected chi connectivity index (χ1v) is 6.57. The molecule has 1 aliphatic rings. The molecule has 1 amide bonds. The molecule has 0 spiro atoms. The van der Waals surface area contributed by atoms with Crippen molar-refractivity contribution >= 4 is 23.2 Å². The van der Waals surface area contributed by atoms with Crippen LogP contribution < -0.4 is 10.6 Å². The fourth-order valence-electron chi connectivity index (χ4n) is 2.11. The molecule has 0 bridgehead atoms. The fraction of sp³-hybridized carbons (Fsp3) is 0.462. The normalized spacial score (nSPS) is 22.5. The summed E-state index contributed by atoms with van der Waals surface area (Å²) < 4.78 is 18.9. The molecule has 4 nitrogen and oxygen atoms in total. The first kappa shape index (κ1) is 14.2. The van der Waals surface area contributed by atoms with Gasteiger partial charge in [0.05, 0.1) is 29.8 Å². The lowest BCUT2D eigenvalue weighted by molar-refractivity contribution is -0.120. The van der Waals surface area contributed by atoms with Crippen molar-refractivity contribution in [2.45, 2.75) is 13.0 Å². The van der Waals surface area contributed by atoms with Crippen molar-refractivity contribution in [3.05, 3.63) is 29.0 Å². The van der Waals surface area contributed by atoms with Gasteiger partial charge >= 0.3 is 0 Å². The molecule has 0 saturated carbocycles. The summed E-state index contributed by atoms with van der Waals surface area (Å²) in [4.78, 5) is 12.1. The Morgan fingerprint density at radius 3 is 3.00 bits per heavy atom. The van der Waals surface area contributed by atoms with Crippen LogP contribution in [0.1, 0.15) is 6.92 Å². The SMILES string of the molecule is CCNC1COCC1C(=O)Nc1c(F)cccc1Cl. The van der Waals surface area contributed by atoms with Crippen molar-refractivity contribution in [2.24, 2.45) is 5.92 Å². The molecule has 1 aromatic carbocycles. The molecule has 0 aromatic heterocycles. The molecule has 19 heavy (non-hydrogen) atoms. The molecule has 6 heteroatoms. The van der Waals surface area contributed by atoms with Gasteiger partial charge in [0.1, 0.15) is 5.82 Å². The van der Waals surface area contributed by atoms with E-state index in [-0.39, 0.29) is 28.6 Å². The number of hydrogen-bond donors (Lipinski definition) is 2. The van der Waals surface area contributed by atoms with E-state index < -0.39 is 5.82 Å². The maximum Gasteiger partial charge on any atom is 0.231 e. The molecule has 104 valence electrons. The summed E-state index contributed by atoms with van der Waals surface area (Å²) >= 11 is 5.88. The largest absolute Gasteiger partial charge is 0.379 e. The highest BCUT2D eigenvalue weighted by molar-refractivity contribution is 6.33. The van der Waals surface area contributed by atoms with Crippen molar-refractivity contribution < 1.29 is 13.9 Å². The molecule has 1 heterocycles. The molecule has 2 rings (SSSR count). The van der Waals surface area contributed by atoms with Crippen LogP contribution >= 0.6 is 11.6 Å². The lowest BCUT2D eigenvalue weighted by atomic mass is 10.0. The molecular weight excluding hydrogens is 271 g/mol. The average Bonchev–Trinajstić information content (AvgIpc) is 2.83. The zero-order chi connectivity index (χ0) is 13.8. The summed E-state index contributed by atoms with van der Waals surface area (Å²) in [5, 5.41) is 5.91. The number of nitrogens with one attached hydrogen (secondary N) is 2. The number of halogens is 2. The number of likely N-dealkylation sites (N-methyl/N-ethyl adjacent to an activating group) is 1. The number of ether oxygens (including phenoxy) is 1. The smallest absolute Gasteiger partial charge is 0.231 e. The van der Waals surface area contributed by atoms with Crippen molar-refractivity contribution in [3.63, 3.8) is 0 Å². The van der Waals surface area contributed by atoms with E-state index in [0.29, 0.717) is 13.2 Å². The quantitative estimate of drug-likeness (QED) is 0.891. The highest BCUT2D eigenvalue weighted by atomic mass is 35.5. The summed E-state index contributed by atoms with van der Waals surface area (Å²) in [6.45, 7) is 3.52. The van der Waals surface area contributed by atoms with Crippen LogP contribution in [-0.2, 0) is 9.53 Å². The van der Waals surface area contributed by atoms with Crippen molar-refractivity contribution in [2.75, 3.05) is 25.1 Å². The number of amides is 1. The summed E-state index contributed by atoms with van der Waals surface area (Å²) in [6, 6.07) is 4.24. The molecule has 0 aliphatic carbocycles. The number of rotatable bonds is 4. The predicted molar refractivity (Wildman–Crippen MR) is 71.8 cm³/mol. The Morgan fingerprint density at radius 2 is 2.32 bits per heavy atom. The zero-order valence-electron chi connectivity index (χ0n) is 10.6. The number of carbonyl (C=O) groups is 1. The molecule has 2 atom stereocenters. The molecule has 1 aromatic rings.